The van der Waals surface area contributed by atoms with Gasteiger partial charge in [-0.2, -0.15) is 0 Å². The van der Waals surface area contributed by atoms with Gasteiger partial charge in [0.15, 0.2) is 0 Å². The number of benzene rings is 1. The highest BCUT2D eigenvalue weighted by molar-refractivity contribution is 6.21. The average molecular weight is 724 g/mol. The number of ether oxygens (including phenoxy) is 8. The highest BCUT2D eigenvalue weighted by Crippen LogP contribution is 2.22. The number of hydrogen-bond acceptors (Lipinski definition) is 10. The summed E-state index contributed by atoms with van der Waals surface area (Å²) < 4.78 is 44.3. The molecule has 11 heteroatoms. The van der Waals surface area contributed by atoms with E-state index in [-0.39, 0.29) is 25.0 Å². The summed E-state index contributed by atoms with van der Waals surface area (Å²) in [4.78, 5) is 25.8. The summed E-state index contributed by atoms with van der Waals surface area (Å²) in [5.41, 5.74) is 0.897. The number of nitrogens with zero attached hydrogens (tertiary/aromatic N) is 1. The molecule has 0 saturated heterocycles. The lowest BCUT2D eigenvalue weighted by molar-refractivity contribution is -0.0233. The molecule has 0 aliphatic carbocycles. The van der Waals surface area contributed by atoms with Crippen LogP contribution in [0.15, 0.2) is 24.3 Å². The second-order valence-electron chi connectivity index (χ2n) is 12.8. The summed E-state index contributed by atoms with van der Waals surface area (Å²) in [6, 6.07) is 6.85. The molecule has 2 amide bonds. The number of unbranched alkanes of at least 4 members (excludes halogenated alkanes) is 13. The van der Waals surface area contributed by atoms with Crippen LogP contribution in [-0.4, -0.2) is 129 Å². The molecule has 0 fully saturated rings. The van der Waals surface area contributed by atoms with Gasteiger partial charge in [0.25, 0.3) is 11.8 Å². The van der Waals surface area contributed by atoms with E-state index < -0.39 is 0 Å². The number of amides is 2. The molecule has 2 rings (SSSR count). The van der Waals surface area contributed by atoms with Crippen molar-refractivity contribution in [3.63, 3.8) is 0 Å². The van der Waals surface area contributed by atoms with Gasteiger partial charge < -0.3 is 37.9 Å². The Morgan fingerprint density at radius 3 is 0.980 bits per heavy atom. The Hall–Kier alpha value is -1.96. The molecule has 0 atom stereocenters. The molecule has 1 aliphatic rings. The van der Waals surface area contributed by atoms with Crippen molar-refractivity contribution in [2.24, 2.45) is 0 Å². The quantitative estimate of drug-likeness (QED) is 0.0526. The molecule has 1 aliphatic heterocycles. The molecule has 1 heterocycles. The largest absolute Gasteiger partial charge is 0.379 e. The lowest BCUT2D eigenvalue weighted by Crippen LogP contribution is -2.33. The summed E-state index contributed by atoms with van der Waals surface area (Å²) in [6.07, 6.45) is 19.2. The molecule has 1 aromatic carbocycles. The highest BCUT2D eigenvalue weighted by atomic mass is 16.6. The maximum atomic E-state index is 12.3. The lowest BCUT2D eigenvalue weighted by Gasteiger charge is -2.13. The minimum absolute atomic E-state index is 0.222. The van der Waals surface area contributed by atoms with E-state index in [9.17, 15) is 9.59 Å². The van der Waals surface area contributed by atoms with Crippen LogP contribution in [0.1, 0.15) is 118 Å². The van der Waals surface area contributed by atoms with Gasteiger partial charge in [-0.25, -0.2) is 0 Å². The van der Waals surface area contributed by atoms with Gasteiger partial charge in [-0.15, -0.1) is 0 Å². The fourth-order valence-corrected chi connectivity index (χ4v) is 5.64. The van der Waals surface area contributed by atoms with E-state index in [0.717, 1.165) is 13.0 Å². The number of hydrogen-bond donors (Lipinski definition) is 0. The Bertz CT molecular complexity index is 930. The Labute approximate surface area is 308 Å². The van der Waals surface area contributed by atoms with Crippen LogP contribution in [0.2, 0.25) is 0 Å². The maximum absolute atomic E-state index is 12.3. The topological polar surface area (TPSA) is 111 Å². The zero-order chi connectivity index (χ0) is 36.3. The molecule has 0 saturated carbocycles. The third-order valence-electron chi connectivity index (χ3n) is 8.58. The van der Waals surface area contributed by atoms with Crippen molar-refractivity contribution in [3.8, 4) is 0 Å². The highest BCUT2D eigenvalue weighted by Gasteiger charge is 2.34. The van der Waals surface area contributed by atoms with Crippen LogP contribution >= 0.6 is 0 Å². The normalized spacial score (nSPS) is 12.8. The van der Waals surface area contributed by atoms with Gasteiger partial charge >= 0.3 is 0 Å². The minimum Gasteiger partial charge on any atom is -0.379 e. The van der Waals surface area contributed by atoms with Gasteiger partial charge in [0, 0.05) is 6.61 Å². The third-order valence-corrected chi connectivity index (χ3v) is 8.58. The maximum Gasteiger partial charge on any atom is 0.261 e. The fourth-order valence-electron chi connectivity index (χ4n) is 5.64. The predicted molar refractivity (Wildman–Crippen MR) is 199 cm³/mol. The van der Waals surface area contributed by atoms with Crippen LogP contribution in [-0.2, 0) is 37.9 Å². The monoisotopic (exact) mass is 723 g/mol. The summed E-state index contributed by atoms with van der Waals surface area (Å²) in [5.74, 6) is -0.541. The van der Waals surface area contributed by atoms with E-state index in [4.69, 9.17) is 37.9 Å². The van der Waals surface area contributed by atoms with Gasteiger partial charge in [0.2, 0.25) is 0 Å². The number of rotatable bonds is 39. The summed E-state index contributed by atoms with van der Waals surface area (Å²) in [5, 5.41) is 0. The first-order valence-corrected chi connectivity index (χ1v) is 19.8. The molecule has 51 heavy (non-hydrogen) atoms. The van der Waals surface area contributed by atoms with Gasteiger partial charge in [0.1, 0.15) is 0 Å². The first-order valence-electron chi connectivity index (χ1n) is 19.8. The zero-order valence-corrected chi connectivity index (χ0v) is 31.8. The Morgan fingerprint density at radius 1 is 0.373 bits per heavy atom. The number of carbonyl (C=O) groups is 2. The second kappa shape index (κ2) is 33.8. The van der Waals surface area contributed by atoms with Crippen molar-refractivity contribution < 1.29 is 47.5 Å². The van der Waals surface area contributed by atoms with Gasteiger partial charge in [0.05, 0.1) is 117 Å². The molecule has 294 valence electrons. The standard InChI is InChI=1S/C40H69NO10/c1-2-3-4-5-6-7-8-9-10-11-12-13-14-17-21-44-23-25-46-27-29-48-31-33-50-35-36-51-34-32-49-30-28-47-26-24-45-22-20-41-39(42)37-18-15-16-19-38(37)40(41)43/h15-16,18-19H,2-14,17,20-36H2,1H3. The number of carbonyl (C=O) groups excluding carboxylic acids is 2. The van der Waals surface area contributed by atoms with Gasteiger partial charge in [-0.1, -0.05) is 103 Å². The first kappa shape index (κ1) is 45.2. The summed E-state index contributed by atoms with van der Waals surface area (Å²) >= 11 is 0. The average Bonchev–Trinajstić information content (AvgIpc) is 3.39. The van der Waals surface area contributed by atoms with Crippen molar-refractivity contribution in [1.29, 1.82) is 0 Å². The minimum atomic E-state index is -0.270. The van der Waals surface area contributed by atoms with Crippen molar-refractivity contribution in [2.45, 2.75) is 96.8 Å². The Kier molecular flexibility index (Phi) is 30.0. The molecule has 0 spiro atoms. The molecule has 0 aromatic heterocycles. The van der Waals surface area contributed by atoms with Crippen LogP contribution in [0.5, 0.6) is 0 Å². The lowest BCUT2D eigenvalue weighted by atomic mass is 10.0. The molecule has 0 unspecified atom stereocenters. The Morgan fingerprint density at radius 2 is 0.647 bits per heavy atom. The van der Waals surface area contributed by atoms with Gasteiger partial charge in [-0.3, -0.25) is 14.5 Å². The molecule has 0 N–H and O–H groups in total. The van der Waals surface area contributed by atoms with Crippen LogP contribution in [0.4, 0.5) is 0 Å². The van der Waals surface area contributed by atoms with E-state index in [0.29, 0.717) is 104 Å². The zero-order valence-electron chi connectivity index (χ0n) is 31.8. The van der Waals surface area contributed by atoms with Crippen LogP contribution in [0.3, 0.4) is 0 Å². The van der Waals surface area contributed by atoms with Crippen molar-refractivity contribution in [1.82, 2.24) is 4.90 Å². The molecule has 1 aromatic rings. The second-order valence-corrected chi connectivity index (χ2v) is 12.8. The summed E-state index contributed by atoms with van der Waals surface area (Å²) in [6.45, 7) is 10.7. The Balaban J connectivity index is 1.16. The van der Waals surface area contributed by atoms with Crippen molar-refractivity contribution >= 4 is 11.8 Å². The van der Waals surface area contributed by atoms with Crippen molar-refractivity contribution in [2.75, 3.05) is 112 Å². The SMILES string of the molecule is CCCCCCCCCCCCCCCCOCCOCCOCCOCCOCCOCCOCCOCCN1C(=O)c2ccccc2C1=O. The van der Waals surface area contributed by atoms with E-state index in [1.807, 2.05) is 0 Å². The predicted octanol–water partition coefficient (Wildman–Crippen LogP) is 6.90. The molecule has 0 radical (unpaired) electrons. The van der Waals surface area contributed by atoms with Gasteiger partial charge in [-0.05, 0) is 18.6 Å². The number of fused-ring (bicyclic) bond motifs is 1. The van der Waals surface area contributed by atoms with Crippen LogP contribution < -0.4 is 0 Å². The third kappa shape index (κ3) is 24.1. The molecule has 11 nitrogen and oxygen atoms in total. The van der Waals surface area contributed by atoms with E-state index in [1.54, 1.807) is 24.3 Å². The molecular formula is C40H69NO10. The molecule has 0 bridgehead atoms. The number of imide groups is 1. The summed E-state index contributed by atoms with van der Waals surface area (Å²) in [7, 11) is 0. The van der Waals surface area contributed by atoms with Crippen LogP contribution in [0, 0.1) is 0 Å². The smallest absolute Gasteiger partial charge is 0.261 e. The fraction of sp³-hybridized carbons (Fsp3) is 0.800. The first-order chi connectivity index (χ1) is 25.3. The molecular weight excluding hydrogens is 654 g/mol. The van der Waals surface area contributed by atoms with Crippen molar-refractivity contribution in [3.05, 3.63) is 35.4 Å². The van der Waals surface area contributed by atoms with E-state index in [2.05, 4.69) is 6.92 Å². The van der Waals surface area contributed by atoms with E-state index >= 15 is 0 Å². The van der Waals surface area contributed by atoms with E-state index in [1.165, 1.54) is 88.4 Å². The van der Waals surface area contributed by atoms with Crippen LogP contribution in [0.25, 0.3) is 0 Å².